The van der Waals surface area contributed by atoms with Gasteiger partial charge in [0.25, 0.3) is 5.56 Å². The molecule has 28 heavy (non-hydrogen) atoms. The van der Waals surface area contributed by atoms with E-state index in [2.05, 4.69) is 31.2 Å². The summed E-state index contributed by atoms with van der Waals surface area (Å²) >= 11 is 3.38. The number of methoxy groups -OCH3 is 1. The fourth-order valence-corrected chi connectivity index (χ4v) is 3.41. The first-order valence-electron chi connectivity index (χ1n) is 9.04. The van der Waals surface area contributed by atoms with E-state index in [1.807, 2.05) is 11.0 Å². The highest BCUT2D eigenvalue weighted by atomic mass is 79.9. The number of morpholine rings is 1. The standard InChI is InChI=1S/C19H23BrN4O4/c1-12-14(18(26)23-19(21-12)24-7-9-28-10-8-24)4-6-17(25)22-15-11-13(20)3-5-16(15)27-2/h3,5,11H,4,6-10H2,1-2H3,(H,22,25)(H,21,23,26). The van der Waals surface area contributed by atoms with E-state index in [0.29, 0.717) is 61.4 Å². The van der Waals surface area contributed by atoms with Gasteiger partial charge in [0.1, 0.15) is 5.75 Å². The Kier molecular flexibility index (Phi) is 6.69. The molecular formula is C19H23BrN4O4. The number of rotatable bonds is 6. The number of amides is 1. The average Bonchev–Trinajstić information content (AvgIpc) is 2.68. The summed E-state index contributed by atoms with van der Waals surface area (Å²) in [5.41, 5.74) is 1.53. The molecule has 1 saturated heterocycles. The minimum absolute atomic E-state index is 0.165. The average molecular weight is 451 g/mol. The third-order valence-corrected chi connectivity index (χ3v) is 5.05. The van der Waals surface area contributed by atoms with E-state index in [-0.39, 0.29) is 17.9 Å². The second-order valence-corrected chi connectivity index (χ2v) is 7.36. The van der Waals surface area contributed by atoms with Gasteiger partial charge in [-0.05, 0) is 31.5 Å². The maximum atomic E-state index is 12.5. The Bertz CT molecular complexity index is 909. The van der Waals surface area contributed by atoms with Gasteiger partial charge in [0, 0.05) is 35.2 Å². The van der Waals surface area contributed by atoms with E-state index in [9.17, 15) is 9.59 Å². The largest absolute Gasteiger partial charge is 0.495 e. The van der Waals surface area contributed by atoms with Crippen molar-refractivity contribution < 1.29 is 14.3 Å². The van der Waals surface area contributed by atoms with E-state index in [1.54, 1.807) is 26.2 Å². The highest BCUT2D eigenvalue weighted by Gasteiger charge is 2.17. The van der Waals surface area contributed by atoms with E-state index < -0.39 is 0 Å². The zero-order valence-electron chi connectivity index (χ0n) is 15.9. The summed E-state index contributed by atoms with van der Waals surface area (Å²) in [6.07, 6.45) is 0.470. The molecule has 2 aromatic rings. The first kappa shape index (κ1) is 20.3. The van der Waals surface area contributed by atoms with E-state index in [1.165, 1.54) is 0 Å². The first-order valence-corrected chi connectivity index (χ1v) is 9.83. The topological polar surface area (TPSA) is 96.5 Å². The highest BCUT2D eigenvalue weighted by molar-refractivity contribution is 9.10. The molecule has 2 N–H and O–H groups in total. The molecule has 1 aliphatic rings. The molecule has 1 aromatic heterocycles. The lowest BCUT2D eigenvalue weighted by Gasteiger charge is -2.27. The number of nitrogens with zero attached hydrogens (tertiary/aromatic N) is 2. The minimum Gasteiger partial charge on any atom is -0.495 e. The minimum atomic E-state index is -0.207. The molecule has 150 valence electrons. The van der Waals surface area contributed by atoms with Crippen LogP contribution in [0.25, 0.3) is 0 Å². The third-order valence-electron chi connectivity index (χ3n) is 4.56. The highest BCUT2D eigenvalue weighted by Crippen LogP contribution is 2.28. The summed E-state index contributed by atoms with van der Waals surface area (Å²) in [4.78, 5) is 34.2. The predicted octanol–water partition coefficient (Wildman–Crippen LogP) is 2.26. The number of ether oxygens (including phenoxy) is 2. The number of benzene rings is 1. The number of nitrogens with one attached hydrogen (secondary N) is 2. The quantitative estimate of drug-likeness (QED) is 0.700. The number of aromatic amines is 1. The normalized spacial score (nSPS) is 14.0. The summed E-state index contributed by atoms with van der Waals surface area (Å²) in [7, 11) is 1.55. The Labute approximate surface area is 171 Å². The van der Waals surface area contributed by atoms with Gasteiger partial charge in [0.2, 0.25) is 11.9 Å². The van der Waals surface area contributed by atoms with Crippen LogP contribution in [-0.4, -0.2) is 49.3 Å². The summed E-state index contributed by atoms with van der Waals surface area (Å²) in [6.45, 7) is 4.41. The predicted molar refractivity (Wildman–Crippen MR) is 110 cm³/mol. The van der Waals surface area contributed by atoms with Crippen LogP contribution < -0.4 is 20.5 Å². The molecule has 0 saturated carbocycles. The number of H-pyrrole nitrogens is 1. The van der Waals surface area contributed by atoms with Crippen molar-refractivity contribution in [1.82, 2.24) is 9.97 Å². The molecule has 8 nitrogen and oxygen atoms in total. The van der Waals surface area contributed by atoms with Gasteiger partial charge in [0.05, 0.1) is 26.0 Å². The van der Waals surface area contributed by atoms with Crippen LogP contribution in [0, 0.1) is 6.92 Å². The van der Waals surface area contributed by atoms with Crippen LogP contribution in [0.1, 0.15) is 17.7 Å². The van der Waals surface area contributed by atoms with Gasteiger partial charge in [-0.15, -0.1) is 0 Å². The number of carbonyl (C=O) groups excluding carboxylic acids is 1. The monoisotopic (exact) mass is 450 g/mol. The summed E-state index contributed by atoms with van der Waals surface area (Å²) in [6, 6.07) is 5.37. The summed E-state index contributed by atoms with van der Waals surface area (Å²) < 4.78 is 11.4. The fraction of sp³-hybridized carbons (Fsp3) is 0.421. The van der Waals surface area contributed by atoms with Crippen LogP contribution in [0.4, 0.5) is 11.6 Å². The van der Waals surface area contributed by atoms with Crippen LogP contribution in [0.5, 0.6) is 5.75 Å². The second kappa shape index (κ2) is 9.20. The van der Waals surface area contributed by atoms with E-state index >= 15 is 0 Å². The van der Waals surface area contributed by atoms with Gasteiger partial charge in [-0.2, -0.15) is 0 Å². The summed E-state index contributed by atoms with van der Waals surface area (Å²) in [5.74, 6) is 0.924. The van der Waals surface area contributed by atoms with Crippen LogP contribution in [0.15, 0.2) is 27.5 Å². The van der Waals surface area contributed by atoms with Gasteiger partial charge in [-0.1, -0.05) is 15.9 Å². The lowest BCUT2D eigenvalue weighted by Crippen LogP contribution is -2.38. The Hall–Kier alpha value is -2.39. The maximum Gasteiger partial charge on any atom is 0.255 e. The lowest BCUT2D eigenvalue weighted by molar-refractivity contribution is -0.116. The van der Waals surface area contributed by atoms with Crippen LogP contribution in [0.2, 0.25) is 0 Å². The lowest BCUT2D eigenvalue weighted by atomic mass is 10.1. The van der Waals surface area contributed by atoms with Crippen molar-refractivity contribution >= 4 is 33.5 Å². The molecule has 0 bridgehead atoms. The van der Waals surface area contributed by atoms with Crippen molar-refractivity contribution in [2.24, 2.45) is 0 Å². The molecular weight excluding hydrogens is 428 g/mol. The van der Waals surface area contributed by atoms with Crippen molar-refractivity contribution in [3.05, 3.63) is 44.3 Å². The van der Waals surface area contributed by atoms with Crippen LogP contribution in [0.3, 0.4) is 0 Å². The molecule has 0 unspecified atom stereocenters. The van der Waals surface area contributed by atoms with Gasteiger partial charge in [-0.3, -0.25) is 14.6 Å². The fourth-order valence-electron chi connectivity index (χ4n) is 3.04. The van der Waals surface area contributed by atoms with Gasteiger partial charge >= 0.3 is 0 Å². The zero-order valence-corrected chi connectivity index (χ0v) is 17.5. The molecule has 1 aliphatic heterocycles. The molecule has 0 radical (unpaired) electrons. The van der Waals surface area contributed by atoms with Crippen molar-refractivity contribution in [1.29, 1.82) is 0 Å². The number of halogens is 1. The third kappa shape index (κ3) is 4.90. The first-order chi connectivity index (χ1) is 13.5. The molecule has 1 aromatic carbocycles. The molecule has 2 heterocycles. The number of hydrogen-bond donors (Lipinski definition) is 2. The number of carbonyl (C=O) groups is 1. The molecule has 0 atom stereocenters. The molecule has 3 rings (SSSR count). The van der Waals surface area contributed by atoms with Gasteiger partial charge in [0.15, 0.2) is 0 Å². The van der Waals surface area contributed by atoms with Crippen molar-refractivity contribution in [3.8, 4) is 5.75 Å². The summed E-state index contributed by atoms with van der Waals surface area (Å²) in [5, 5.41) is 2.83. The van der Waals surface area contributed by atoms with Gasteiger partial charge in [-0.25, -0.2) is 4.98 Å². The SMILES string of the molecule is COc1ccc(Br)cc1NC(=O)CCc1c(C)nc(N2CCOCC2)[nH]c1=O. The van der Waals surface area contributed by atoms with Crippen molar-refractivity contribution in [2.45, 2.75) is 19.8 Å². The van der Waals surface area contributed by atoms with Crippen LogP contribution >= 0.6 is 15.9 Å². The van der Waals surface area contributed by atoms with E-state index in [4.69, 9.17) is 9.47 Å². The number of hydrogen-bond acceptors (Lipinski definition) is 6. The van der Waals surface area contributed by atoms with Crippen LogP contribution in [-0.2, 0) is 16.0 Å². The Morgan fingerprint density at radius 3 is 2.82 bits per heavy atom. The molecule has 1 fully saturated rings. The maximum absolute atomic E-state index is 12.5. The smallest absolute Gasteiger partial charge is 0.255 e. The van der Waals surface area contributed by atoms with Crippen molar-refractivity contribution in [2.75, 3.05) is 43.6 Å². The second-order valence-electron chi connectivity index (χ2n) is 6.45. The number of aromatic nitrogens is 2. The molecule has 9 heteroatoms. The Balaban J connectivity index is 1.66. The number of anilines is 2. The Morgan fingerprint density at radius 2 is 2.14 bits per heavy atom. The molecule has 0 aliphatic carbocycles. The van der Waals surface area contributed by atoms with Gasteiger partial charge < -0.3 is 19.7 Å². The van der Waals surface area contributed by atoms with Crippen molar-refractivity contribution in [3.63, 3.8) is 0 Å². The molecule has 1 amide bonds. The Morgan fingerprint density at radius 1 is 1.39 bits per heavy atom. The number of aryl methyl sites for hydroxylation is 1. The van der Waals surface area contributed by atoms with E-state index in [0.717, 1.165) is 4.47 Å². The molecule has 0 spiro atoms. The zero-order chi connectivity index (χ0) is 20.1.